The number of hydrogen-bond acceptors (Lipinski definition) is 8. The molecule has 6 rings (SSSR count). The van der Waals surface area contributed by atoms with E-state index in [0.717, 1.165) is 34.2 Å². The van der Waals surface area contributed by atoms with Gasteiger partial charge in [0.1, 0.15) is 24.3 Å². The summed E-state index contributed by atoms with van der Waals surface area (Å²) in [5.41, 5.74) is 6.51. The Bertz CT molecular complexity index is 1920. The van der Waals surface area contributed by atoms with Gasteiger partial charge in [0.15, 0.2) is 0 Å². The highest BCUT2D eigenvalue weighted by Gasteiger charge is 2.29. The lowest BCUT2D eigenvalue weighted by molar-refractivity contribution is 0.0548. The fraction of sp³-hybridized carbons (Fsp3) is 0.324. The molecule has 1 atom stereocenters. The Hall–Kier alpha value is -5.59. The first-order valence-electron chi connectivity index (χ1n) is 15.4. The van der Waals surface area contributed by atoms with Crippen molar-refractivity contribution in [1.82, 2.24) is 40.0 Å². The molecule has 2 N–H and O–H groups in total. The Morgan fingerprint density at radius 3 is 2.70 bits per heavy atom. The molecule has 0 bridgehead atoms. The van der Waals surface area contributed by atoms with Crippen LogP contribution >= 0.6 is 0 Å². The second-order valence-corrected chi connectivity index (χ2v) is 11.9. The zero-order chi connectivity index (χ0) is 33.2. The smallest absolute Gasteiger partial charge is 0.338 e. The SMILES string of the molecule is C=CCOC(=O)c1ccc2c(c1C)CC[C@@H]2NC(=O)c1cc(C(=O)NCc2ccc3c(c2)CN(C(=O)N(C)C)CC3)nc2ncnn12. The van der Waals surface area contributed by atoms with Crippen molar-refractivity contribution in [1.29, 1.82) is 0 Å². The summed E-state index contributed by atoms with van der Waals surface area (Å²) in [6.07, 6.45) is 4.90. The topological polar surface area (TPSA) is 151 Å². The number of benzene rings is 2. The van der Waals surface area contributed by atoms with Crippen molar-refractivity contribution in [2.45, 2.75) is 45.3 Å². The van der Waals surface area contributed by atoms with Gasteiger partial charge < -0.3 is 25.2 Å². The first-order chi connectivity index (χ1) is 22.6. The first-order valence-corrected chi connectivity index (χ1v) is 15.4. The Kier molecular flexibility index (Phi) is 8.70. The summed E-state index contributed by atoms with van der Waals surface area (Å²) in [6, 6.07) is 10.6. The van der Waals surface area contributed by atoms with E-state index < -0.39 is 17.8 Å². The Morgan fingerprint density at radius 1 is 1.09 bits per heavy atom. The molecule has 13 heteroatoms. The highest BCUT2D eigenvalue weighted by atomic mass is 16.5. The van der Waals surface area contributed by atoms with Crippen molar-refractivity contribution >= 4 is 29.6 Å². The van der Waals surface area contributed by atoms with Crippen LogP contribution in [0.15, 0.2) is 55.4 Å². The molecule has 4 amide bonds. The van der Waals surface area contributed by atoms with Gasteiger partial charge in [0.05, 0.1) is 11.6 Å². The molecule has 0 saturated carbocycles. The molecule has 1 aliphatic carbocycles. The van der Waals surface area contributed by atoms with Gasteiger partial charge in [-0.3, -0.25) is 9.59 Å². The minimum absolute atomic E-state index is 0.0294. The van der Waals surface area contributed by atoms with Gasteiger partial charge in [-0.05, 0) is 65.6 Å². The molecule has 2 aromatic carbocycles. The standard InChI is InChI=1S/C34H36N8O5/c1-5-14-47-32(45)25-8-9-26-24(20(25)2)10-11-27(26)38-31(44)29-16-28(39-33-36-19-37-42(29)33)30(43)35-17-21-6-7-22-12-13-41(18-23(22)15-21)34(46)40(3)4/h5-9,15-16,19,27H,1,10-14,17-18H2,2-4H3,(H,35,43)(H,38,44)/t27-/m0/s1. The monoisotopic (exact) mass is 636 g/mol. The molecule has 1 aliphatic heterocycles. The maximum Gasteiger partial charge on any atom is 0.338 e. The summed E-state index contributed by atoms with van der Waals surface area (Å²) in [5.74, 6) is -1.20. The average molecular weight is 637 g/mol. The fourth-order valence-corrected chi connectivity index (χ4v) is 6.23. The van der Waals surface area contributed by atoms with E-state index in [1.807, 2.05) is 31.2 Å². The van der Waals surface area contributed by atoms with Crippen LogP contribution in [0, 0.1) is 6.92 Å². The van der Waals surface area contributed by atoms with Crippen LogP contribution in [0.4, 0.5) is 4.79 Å². The predicted molar refractivity (Wildman–Crippen MR) is 172 cm³/mol. The van der Waals surface area contributed by atoms with Gasteiger partial charge >= 0.3 is 12.0 Å². The highest BCUT2D eigenvalue weighted by molar-refractivity contribution is 5.98. The van der Waals surface area contributed by atoms with E-state index in [0.29, 0.717) is 31.5 Å². The number of nitrogens with zero attached hydrogens (tertiary/aromatic N) is 6. The van der Waals surface area contributed by atoms with E-state index in [1.54, 1.807) is 30.0 Å². The highest BCUT2D eigenvalue weighted by Crippen LogP contribution is 2.35. The number of amides is 4. The van der Waals surface area contributed by atoms with E-state index in [-0.39, 0.29) is 42.4 Å². The predicted octanol–water partition coefficient (Wildman–Crippen LogP) is 3.16. The van der Waals surface area contributed by atoms with E-state index in [9.17, 15) is 19.2 Å². The lowest BCUT2D eigenvalue weighted by Crippen LogP contribution is -2.42. The number of carbonyl (C=O) groups is 4. The molecule has 0 unspecified atom stereocenters. The second kappa shape index (κ2) is 13.0. The molecule has 242 valence electrons. The van der Waals surface area contributed by atoms with E-state index in [2.05, 4.69) is 32.3 Å². The van der Waals surface area contributed by atoms with Crippen LogP contribution in [-0.4, -0.2) is 80.4 Å². The molecule has 3 heterocycles. The van der Waals surface area contributed by atoms with Gasteiger partial charge in [-0.1, -0.05) is 36.9 Å². The van der Waals surface area contributed by atoms with Gasteiger partial charge in [0.25, 0.3) is 17.6 Å². The number of hydrogen-bond donors (Lipinski definition) is 2. The van der Waals surface area contributed by atoms with Crippen LogP contribution in [-0.2, 0) is 30.7 Å². The number of ether oxygens (including phenoxy) is 1. The van der Waals surface area contributed by atoms with Crippen LogP contribution in [0.1, 0.15) is 77.2 Å². The molecule has 0 saturated heterocycles. The summed E-state index contributed by atoms with van der Waals surface area (Å²) >= 11 is 0. The Labute approximate surface area is 271 Å². The summed E-state index contributed by atoms with van der Waals surface area (Å²) in [4.78, 5) is 63.7. The number of aromatic nitrogens is 4. The zero-order valence-corrected chi connectivity index (χ0v) is 26.6. The molecule has 0 spiro atoms. The molecule has 4 aromatic rings. The third-order valence-corrected chi connectivity index (χ3v) is 8.66. The molecule has 2 aliphatic rings. The first kappa shape index (κ1) is 31.4. The quantitative estimate of drug-likeness (QED) is 0.221. The molecular weight excluding hydrogens is 600 g/mol. The number of rotatable bonds is 8. The Balaban J connectivity index is 1.16. The maximum absolute atomic E-state index is 13.6. The molecule has 13 nitrogen and oxygen atoms in total. The molecule has 0 fully saturated rings. The molecule has 47 heavy (non-hydrogen) atoms. The fourth-order valence-electron chi connectivity index (χ4n) is 6.23. The van der Waals surface area contributed by atoms with Crippen LogP contribution in [0.25, 0.3) is 5.78 Å². The van der Waals surface area contributed by atoms with Crippen molar-refractivity contribution in [2.75, 3.05) is 27.2 Å². The van der Waals surface area contributed by atoms with Gasteiger partial charge in [-0.25, -0.2) is 14.6 Å². The summed E-state index contributed by atoms with van der Waals surface area (Å²) < 4.78 is 6.52. The summed E-state index contributed by atoms with van der Waals surface area (Å²) in [5, 5.41) is 10.1. The summed E-state index contributed by atoms with van der Waals surface area (Å²) in [6.45, 7) is 6.99. The van der Waals surface area contributed by atoms with Crippen molar-refractivity contribution in [2.24, 2.45) is 0 Å². The third-order valence-electron chi connectivity index (χ3n) is 8.66. The van der Waals surface area contributed by atoms with E-state index in [1.165, 1.54) is 28.5 Å². The number of carbonyl (C=O) groups excluding carboxylic acids is 4. The van der Waals surface area contributed by atoms with Crippen LogP contribution in [0.5, 0.6) is 0 Å². The van der Waals surface area contributed by atoms with Gasteiger partial charge in [-0.2, -0.15) is 14.6 Å². The zero-order valence-electron chi connectivity index (χ0n) is 26.6. The van der Waals surface area contributed by atoms with Gasteiger partial charge in [0, 0.05) is 39.8 Å². The van der Waals surface area contributed by atoms with Crippen LogP contribution in [0.3, 0.4) is 0 Å². The minimum atomic E-state index is -0.468. The Morgan fingerprint density at radius 2 is 1.91 bits per heavy atom. The van der Waals surface area contributed by atoms with Crippen molar-refractivity contribution in [3.8, 4) is 0 Å². The lowest BCUT2D eigenvalue weighted by Gasteiger charge is -2.31. The number of esters is 1. The van der Waals surface area contributed by atoms with Crippen LogP contribution < -0.4 is 10.6 Å². The van der Waals surface area contributed by atoms with Crippen molar-refractivity contribution in [3.05, 3.63) is 106 Å². The van der Waals surface area contributed by atoms with Gasteiger partial charge in [0.2, 0.25) is 0 Å². The number of urea groups is 1. The van der Waals surface area contributed by atoms with Crippen LogP contribution in [0.2, 0.25) is 0 Å². The van der Waals surface area contributed by atoms with E-state index >= 15 is 0 Å². The number of fused-ring (bicyclic) bond motifs is 3. The lowest BCUT2D eigenvalue weighted by atomic mass is 9.97. The largest absolute Gasteiger partial charge is 0.458 e. The molecule has 2 aromatic heterocycles. The van der Waals surface area contributed by atoms with E-state index in [4.69, 9.17) is 4.74 Å². The normalized spacial score (nSPS) is 15.0. The number of nitrogens with one attached hydrogen (secondary N) is 2. The molecular formula is C34H36N8O5. The second-order valence-electron chi connectivity index (χ2n) is 11.9. The van der Waals surface area contributed by atoms with Gasteiger partial charge in [-0.15, -0.1) is 0 Å². The third kappa shape index (κ3) is 6.28. The molecule has 0 radical (unpaired) electrons. The maximum atomic E-state index is 13.6. The summed E-state index contributed by atoms with van der Waals surface area (Å²) in [7, 11) is 3.47. The average Bonchev–Trinajstić information content (AvgIpc) is 3.72. The van der Waals surface area contributed by atoms with Crippen molar-refractivity contribution in [3.63, 3.8) is 0 Å². The van der Waals surface area contributed by atoms with Crippen molar-refractivity contribution < 1.29 is 23.9 Å². The minimum Gasteiger partial charge on any atom is -0.458 e.